The fourth-order valence-electron chi connectivity index (χ4n) is 4.52. The van der Waals surface area contributed by atoms with E-state index in [1.165, 1.54) is 12.8 Å². The van der Waals surface area contributed by atoms with E-state index in [0.29, 0.717) is 0 Å². The van der Waals surface area contributed by atoms with Crippen LogP contribution in [0.25, 0.3) is 0 Å². The number of ether oxygens (including phenoxy) is 1. The van der Waals surface area contributed by atoms with Crippen LogP contribution in [0.1, 0.15) is 51.4 Å². The molecule has 4 atom stereocenters. The Morgan fingerprint density at radius 2 is 1.52 bits per heavy atom. The Balaban J connectivity index is 1.44. The Labute approximate surface area is 125 Å². The molecule has 2 spiro atoms. The zero-order valence-electron chi connectivity index (χ0n) is 12.5. The highest BCUT2D eigenvalue weighted by Gasteiger charge is 2.52. The largest absolute Gasteiger partial charge is 0.460 e. The first-order chi connectivity index (χ1) is 10.2. The van der Waals surface area contributed by atoms with Crippen molar-refractivity contribution >= 4 is 5.97 Å². The van der Waals surface area contributed by atoms with Crippen molar-refractivity contribution in [3.63, 3.8) is 0 Å². The fraction of sp³-hybridized carbons (Fsp3) is 0.933. The van der Waals surface area contributed by atoms with Crippen LogP contribution in [0.15, 0.2) is 0 Å². The number of carbonyl (C=O) groups is 1. The van der Waals surface area contributed by atoms with E-state index in [0.717, 1.165) is 51.6 Å². The zero-order chi connectivity index (χ0) is 14.3. The molecule has 0 radical (unpaired) electrons. The topological polar surface area (TPSA) is 74.4 Å². The van der Waals surface area contributed by atoms with Gasteiger partial charge in [0, 0.05) is 13.1 Å². The number of nitrogens with one attached hydrogen (secondary N) is 4. The lowest BCUT2D eigenvalue weighted by molar-refractivity contribution is -0.172. The van der Waals surface area contributed by atoms with Gasteiger partial charge in [0.15, 0.2) is 0 Å². The highest BCUT2D eigenvalue weighted by Crippen LogP contribution is 2.39. The molecule has 0 aromatic rings. The predicted octanol–water partition coefficient (Wildman–Crippen LogP) is 0.356. The fourth-order valence-corrected chi connectivity index (χ4v) is 4.52. The van der Waals surface area contributed by atoms with E-state index in [-0.39, 0.29) is 29.1 Å². The first-order valence-electron chi connectivity index (χ1n) is 8.45. The Morgan fingerprint density at radius 1 is 0.905 bits per heavy atom. The van der Waals surface area contributed by atoms with Gasteiger partial charge < -0.3 is 4.74 Å². The average Bonchev–Trinajstić information content (AvgIpc) is 2.44. The van der Waals surface area contributed by atoms with Crippen molar-refractivity contribution < 1.29 is 9.53 Å². The van der Waals surface area contributed by atoms with Gasteiger partial charge in [-0.25, -0.2) is 10.9 Å². The minimum Gasteiger partial charge on any atom is -0.460 e. The van der Waals surface area contributed by atoms with Gasteiger partial charge >= 0.3 is 5.97 Å². The molecule has 0 aromatic carbocycles. The predicted molar refractivity (Wildman–Crippen MR) is 78.0 cm³/mol. The van der Waals surface area contributed by atoms with Gasteiger partial charge in [-0.2, -0.15) is 0 Å². The van der Waals surface area contributed by atoms with Gasteiger partial charge in [-0.05, 0) is 32.1 Å². The van der Waals surface area contributed by atoms with Crippen molar-refractivity contribution in [3.05, 3.63) is 0 Å². The van der Waals surface area contributed by atoms with Gasteiger partial charge in [-0.3, -0.25) is 15.6 Å². The minimum atomic E-state index is -0.0392. The molecule has 4 unspecified atom stereocenters. The first-order valence-corrected chi connectivity index (χ1v) is 8.45. The van der Waals surface area contributed by atoms with Crippen LogP contribution in [0.4, 0.5) is 0 Å². The molecule has 4 fully saturated rings. The summed E-state index contributed by atoms with van der Waals surface area (Å²) in [6.07, 6.45) is 8.90. The molecule has 4 N–H and O–H groups in total. The molecular formula is C15H26N4O2. The van der Waals surface area contributed by atoms with E-state index >= 15 is 0 Å². The molecule has 0 amide bonds. The molecule has 4 rings (SSSR count). The number of hydrogen-bond acceptors (Lipinski definition) is 6. The Morgan fingerprint density at radius 3 is 2.14 bits per heavy atom. The maximum absolute atomic E-state index is 12.8. The zero-order valence-corrected chi connectivity index (χ0v) is 12.5. The van der Waals surface area contributed by atoms with Gasteiger partial charge in [-0.15, -0.1) is 0 Å². The molecule has 2 heterocycles. The third-order valence-electron chi connectivity index (χ3n) is 6.01. The first kappa shape index (κ1) is 13.9. The molecule has 0 bridgehead atoms. The number of hydrogen-bond donors (Lipinski definition) is 4. The van der Waals surface area contributed by atoms with E-state index in [1.54, 1.807) is 0 Å². The summed E-state index contributed by atoms with van der Waals surface area (Å²) in [5.74, 6) is 0.0307. The van der Waals surface area contributed by atoms with Crippen LogP contribution in [0, 0.1) is 5.92 Å². The Hall–Kier alpha value is -0.690. The molecule has 21 heavy (non-hydrogen) atoms. The molecule has 118 valence electrons. The molecule has 2 saturated heterocycles. The monoisotopic (exact) mass is 294 g/mol. The van der Waals surface area contributed by atoms with Crippen molar-refractivity contribution in [1.29, 1.82) is 0 Å². The quantitative estimate of drug-likeness (QED) is 0.551. The number of esters is 1. The molecule has 2 saturated carbocycles. The lowest BCUT2D eigenvalue weighted by Gasteiger charge is -2.53. The summed E-state index contributed by atoms with van der Waals surface area (Å²) in [5.41, 5.74) is 12.8. The maximum Gasteiger partial charge on any atom is 0.311 e. The van der Waals surface area contributed by atoms with Gasteiger partial charge in [0.2, 0.25) is 0 Å². The molecular weight excluding hydrogens is 268 g/mol. The number of carbonyl (C=O) groups excluding carboxylic acids is 1. The number of hydrazine groups is 2. The SMILES string of the molecule is O=C(OC1CCCCC12CNN2)C1CCCCC12CNN2. The second-order valence-corrected chi connectivity index (χ2v) is 7.24. The molecule has 0 aromatic heterocycles. The van der Waals surface area contributed by atoms with Crippen LogP contribution in [0.3, 0.4) is 0 Å². The summed E-state index contributed by atoms with van der Waals surface area (Å²) >= 11 is 0. The van der Waals surface area contributed by atoms with Gasteiger partial charge in [0.05, 0.1) is 17.0 Å². The van der Waals surface area contributed by atoms with Gasteiger partial charge in [-0.1, -0.05) is 19.3 Å². The van der Waals surface area contributed by atoms with E-state index < -0.39 is 0 Å². The molecule has 6 heteroatoms. The highest BCUT2D eigenvalue weighted by atomic mass is 16.5. The van der Waals surface area contributed by atoms with Crippen molar-refractivity contribution in [2.45, 2.75) is 68.5 Å². The minimum absolute atomic E-state index is 0.00102. The number of rotatable bonds is 2. The summed E-state index contributed by atoms with van der Waals surface area (Å²) in [4.78, 5) is 12.8. The highest BCUT2D eigenvalue weighted by molar-refractivity contribution is 5.75. The molecule has 2 aliphatic heterocycles. The summed E-state index contributed by atoms with van der Waals surface area (Å²) in [6.45, 7) is 1.81. The van der Waals surface area contributed by atoms with Gasteiger partial charge in [0.1, 0.15) is 6.10 Å². The van der Waals surface area contributed by atoms with Crippen LogP contribution in [-0.2, 0) is 9.53 Å². The normalized spacial score (nSPS) is 45.9. The lowest BCUT2D eigenvalue weighted by Crippen LogP contribution is -2.77. The second-order valence-electron chi connectivity index (χ2n) is 7.24. The van der Waals surface area contributed by atoms with E-state index in [2.05, 4.69) is 21.7 Å². The average molecular weight is 294 g/mol. The van der Waals surface area contributed by atoms with Crippen molar-refractivity contribution in [2.24, 2.45) is 5.92 Å². The van der Waals surface area contributed by atoms with E-state index in [9.17, 15) is 4.79 Å². The van der Waals surface area contributed by atoms with E-state index in [1.807, 2.05) is 0 Å². The van der Waals surface area contributed by atoms with Crippen LogP contribution in [-0.4, -0.2) is 36.2 Å². The van der Waals surface area contributed by atoms with Crippen LogP contribution in [0.2, 0.25) is 0 Å². The van der Waals surface area contributed by atoms with Crippen molar-refractivity contribution in [3.8, 4) is 0 Å². The van der Waals surface area contributed by atoms with Crippen LogP contribution < -0.4 is 21.7 Å². The Kier molecular flexibility index (Phi) is 3.45. The second kappa shape index (κ2) is 5.19. The summed E-state index contributed by atoms with van der Waals surface area (Å²) in [5, 5.41) is 0. The van der Waals surface area contributed by atoms with E-state index in [4.69, 9.17) is 4.74 Å². The summed E-state index contributed by atoms with van der Waals surface area (Å²) in [6, 6.07) is 0. The van der Waals surface area contributed by atoms with Crippen molar-refractivity contribution in [2.75, 3.05) is 13.1 Å². The third-order valence-corrected chi connectivity index (χ3v) is 6.01. The van der Waals surface area contributed by atoms with Crippen LogP contribution >= 0.6 is 0 Å². The van der Waals surface area contributed by atoms with Crippen LogP contribution in [0.5, 0.6) is 0 Å². The third kappa shape index (κ3) is 2.20. The Bertz CT molecular complexity index is 420. The summed E-state index contributed by atoms with van der Waals surface area (Å²) in [7, 11) is 0. The van der Waals surface area contributed by atoms with Gasteiger partial charge in [0.25, 0.3) is 0 Å². The lowest BCUT2D eigenvalue weighted by atomic mass is 9.71. The molecule has 6 nitrogen and oxygen atoms in total. The maximum atomic E-state index is 12.8. The standard InChI is InChI=1S/C15H26N4O2/c20-13(11-5-1-3-7-14(11)9-16-18-14)21-12-6-2-4-8-15(12)10-17-19-15/h11-12,16-19H,1-10H2. The smallest absolute Gasteiger partial charge is 0.311 e. The van der Waals surface area contributed by atoms with Crippen molar-refractivity contribution in [1.82, 2.24) is 21.7 Å². The molecule has 2 aliphatic carbocycles. The summed E-state index contributed by atoms with van der Waals surface area (Å²) < 4.78 is 6.01. The molecule has 4 aliphatic rings.